The maximum absolute atomic E-state index is 9.55. The van der Waals surface area contributed by atoms with Crippen molar-refractivity contribution in [1.82, 2.24) is 0 Å². The van der Waals surface area contributed by atoms with Crippen molar-refractivity contribution >= 4 is 27.8 Å². The van der Waals surface area contributed by atoms with Crippen molar-refractivity contribution in [3.63, 3.8) is 0 Å². The zero-order chi connectivity index (χ0) is 42.4. The fourth-order valence-corrected chi connectivity index (χ4v) is 6.63. The molecule has 53 heavy (non-hydrogen) atoms. The summed E-state index contributed by atoms with van der Waals surface area (Å²) in [6, 6.07) is 52.8. The average Bonchev–Trinajstić information content (AvgIpc) is 3.31. The second-order valence-corrected chi connectivity index (χ2v) is 12.8. The number of hydrogen-bond acceptors (Lipinski definition) is 1. The summed E-state index contributed by atoms with van der Waals surface area (Å²) in [5.74, 6) is 0. The lowest BCUT2D eigenvalue weighted by molar-refractivity contribution is 1.28. The molecule has 0 aliphatic rings. The van der Waals surface area contributed by atoms with Gasteiger partial charge in [0.15, 0.2) is 0 Å². The number of benzene rings is 9. The molecule has 0 amide bonds. The minimum absolute atomic E-state index is 0.107. The normalized spacial score (nSPS) is 13.1. The highest BCUT2D eigenvalue weighted by Gasteiger charge is 2.15. The van der Waals surface area contributed by atoms with Crippen LogP contribution in [0.15, 0.2) is 224 Å². The third-order valence-corrected chi connectivity index (χ3v) is 9.40. The molecule has 1 nitrogen and oxygen atoms in total. The van der Waals surface area contributed by atoms with E-state index in [-0.39, 0.29) is 46.7 Å². The van der Waals surface area contributed by atoms with Gasteiger partial charge in [0.2, 0.25) is 0 Å². The fourth-order valence-electron chi connectivity index (χ4n) is 6.63. The molecule has 9 aromatic carbocycles. The van der Waals surface area contributed by atoms with Gasteiger partial charge in [0, 0.05) is 17.1 Å². The van der Waals surface area contributed by atoms with E-state index in [0.29, 0.717) is 16.8 Å². The maximum Gasteiger partial charge on any atom is 0.0645 e. The molecule has 0 N–H and O–H groups in total. The molecule has 250 valence electrons. The lowest BCUT2D eigenvalue weighted by Crippen LogP contribution is -2.10. The van der Waals surface area contributed by atoms with Gasteiger partial charge in [-0.3, -0.25) is 0 Å². The first kappa shape index (κ1) is 24.3. The molecule has 0 aliphatic carbocycles. The van der Waals surface area contributed by atoms with E-state index in [9.17, 15) is 11.0 Å². The van der Waals surface area contributed by atoms with Crippen LogP contribution in [0, 0.1) is 0 Å². The predicted molar refractivity (Wildman–Crippen MR) is 226 cm³/mol. The Morgan fingerprint density at radius 3 is 1.26 bits per heavy atom. The SMILES string of the molecule is [2H]c1c([2H])c(N(c2cccc(-c3ccc4ccccc4c3)c2)c2c([2H])c([2H])c(-c3cccc(-c4ccccc4)c3)c([2H])c2[2H])c([2H])c([2H])c1-c1ccc(-c2ccccc2)cc1. The summed E-state index contributed by atoms with van der Waals surface area (Å²) in [4.78, 5) is 1.36. The third kappa shape index (κ3) is 6.77. The van der Waals surface area contributed by atoms with Crippen LogP contribution >= 0.6 is 0 Å². The van der Waals surface area contributed by atoms with Gasteiger partial charge in [-0.25, -0.2) is 0 Å². The molecule has 0 atom stereocenters. The molecule has 0 heterocycles. The lowest BCUT2D eigenvalue weighted by Gasteiger charge is -2.26. The summed E-state index contributed by atoms with van der Waals surface area (Å²) in [5, 5.41) is 2.10. The number of hydrogen-bond donors (Lipinski definition) is 0. The number of anilines is 3. The van der Waals surface area contributed by atoms with Crippen LogP contribution in [0.3, 0.4) is 0 Å². The number of fused-ring (bicyclic) bond motifs is 1. The molecular weight excluding hydrogens is 639 g/mol. The highest BCUT2D eigenvalue weighted by Crippen LogP contribution is 2.39. The molecule has 0 aromatic heterocycles. The zero-order valence-corrected chi connectivity index (χ0v) is 28.7. The Morgan fingerprint density at radius 2 is 0.642 bits per heavy atom. The molecular formula is C52H37N. The van der Waals surface area contributed by atoms with Gasteiger partial charge in [-0.15, -0.1) is 0 Å². The zero-order valence-electron chi connectivity index (χ0n) is 36.7. The van der Waals surface area contributed by atoms with Crippen LogP contribution in [0.1, 0.15) is 11.0 Å². The van der Waals surface area contributed by atoms with Crippen molar-refractivity contribution in [2.45, 2.75) is 0 Å². The van der Waals surface area contributed by atoms with E-state index in [1.807, 2.05) is 140 Å². The topological polar surface area (TPSA) is 3.24 Å². The van der Waals surface area contributed by atoms with E-state index in [4.69, 9.17) is 0 Å². The highest BCUT2D eigenvalue weighted by molar-refractivity contribution is 5.89. The molecule has 0 spiro atoms. The summed E-state index contributed by atoms with van der Waals surface area (Å²) >= 11 is 0. The Morgan fingerprint density at radius 1 is 0.245 bits per heavy atom. The Kier molecular flexibility index (Phi) is 6.57. The van der Waals surface area contributed by atoms with Gasteiger partial charge in [-0.2, -0.15) is 0 Å². The van der Waals surface area contributed by atoms with Crippen LogP contribution in [-0.4, -0.2) is 0 Å². The molecule has 0 saturated heterocycles. The highest BCUT2D eigenvalue weighted by atomic mass is 15.1. The second kappa shape index (κ2) is 14.3. The van der Waals surface area contributed by atoms with Crippen LogP contribution in [0.5, 0.6) is 0 Å². The Hall–Kier alpha value is -6.96. The Bertz CT molecular complexity index is 3060. The van der Waals surface area contributed by atoms with Gasteiger partial charge >= 0.3 is 0 Å². The van der Waals surface area contributed by atoms with Gasteiger partial charge in [-0.1, -0.05) is 176 Å². The van der Waals surface area contributed by atoms with Crippen LogP contribution in [0.4, 0.5) is 17.1 Å². The van der Waals surface area contributed by atoms with E-state index >= 15 is 0 Å². The molecule has 9 rings (SSSR count). The Balaban J connectivity index is 1.25. The first-order valence-corrected chi connectivity index (χ1v) is 17.5. The van der Waals surface area contributed by atoms with E-state index in [0.717, 1.165) is 44.2 Å². The largest absolute Gasteiger partial charge is 0.310 e. The standard InChI is InChI=1S/C52H37N/c1-3-11-38(12-4-1)41-21-23-42(24-22-41)43-27-31-50(32-28-43)53(52-20-10-19-48(37-52)49-26-25-40-15-7-8-16-45(40)36-49)51-33-29-44(30-34-51)47-18-9-17-46(35-47)39-13-5-2-6-14-39/h1-37H/i27D,28D,29D,30D,31D,32D,33D,34D. The minimum atomic E-state index is -0.394. The smallest absolute Gasteiger partial charge is 0.0645 e. The monoisotopic (exact) mass is 683 g/mol. The Labute approximate surface area is 323 Å². The van der Waals surface area contributed by atoms with Crippen molar-refractivity contribution in [2.24, 2.45) is 0 Å². The molecule has 0 bridgehead atoms. The van der Waals surface area contributed by atoms with Gasteiger partial charge in [0.1, 0.15) is 0 Å². The molecule has 0 unspecified atom stereocenters. The minimum Gasteiger partial charge on any atom is -0.310 e. The maximum atomic E-state index is 9.55. The van der Waals surface area contributed by atoms with E-state index < -0.39 is 24.2 Å². The number of rotatable bonds is 8. The van der Waals surface area contributed by atoms with Crippen LogP contribution in [0.25, 0.3) is 66.4 Å². The van der Waals surface area contributed by atoms with Crippen molar-refractivity contribution in [3.05, 3.63) is 224 Å². The molecule has 0 radical (unpaired) electrons. The summed E-state index contributed by atoms with van der Waals surface area (Å²) in [5.41, 5.74) is 6.53. The summed E-state index contributed by atoms with van der Waals surface area (Å²) in [6.45, 7) is 0. The molecule has 0 saturated carbocycles. The van der Waals surface area contributed by atoms with Crippen molar-refractivity contribution < 1.29 is 11.0 Å². The summed E-state index contributed by atoms with van der Waals surface area (Å²) in [7, 11) is 0. The van der Waals surface area contributed by atoms with E-state index in [1.165, 1.54) is 4.90 Å². The van der Waals surface area contributed by atoms with Gasteiger partial charge < -0.3 is 4.90 Å². The fraction of sp³-hybridized carbons (Fsp3) is 0. The molecule has 0 fully saturated rings. The van der Waals surface area contributed by atoms with Crippen molar-refractivity contribution in [1.29, 1.82) is 0 Å². The lowest BCUT2D eigenvalue weighted by atomic mass is 9.98. The summed E-state index contributed by atoms with van der Waals surface area (Å²) in [6.07, 6.45) is 0. The van der Waals surface area contributed by atoms with Gasteiger partial charge in [0.05, 0.1) is 11.0 Å². The second-order valence-electron chi connectivity index (χ2n) is 12.8. The first-order valence-electron chi connectivity index (χ1n) is 21.5. The van der Waals surface area contributed by atoms with E-state index in [1.54, 1.807) is 30.3 Å². The predicted octanol–water partition coefficient (Wildman–Crippen LogP) is 14.6. The number of nitrogens with zero attached hydrogens (tertiary/aromatic N) is 1. The van der Waals surface area contributed by atoms with Crippen molar-refractivity contribution in [2.75, 3.05) is 4.90 Å². The van der Waals surface area contributed by atoms with E-state index in [2.05, 4.69) is 6.07 Å². The van der Waals surface area contributed by atoms with Gasteiger partial charge in [-0.05, 0) is 115 Å². The average molecular weight is 684 g/mol. The third-order valence-electron chi connectivity index (χ3n) is 9.40. The quantitative estimate of drug-likeness (QED) is 0.154. The van der Waals surface area contributed by atoms with Gasteiger partial charge in [0.25, 0.3) is 0 Å². The van der Waals surface area contributed by atoms with Crippen LogP contribution < -0.4 is 4.90 Å². The molecule has 1 heteroatoms. The summed E-state index contributed by atoms with van der Waals surface area (Å²) < 4.78 is 75.6. The van der Waals surface area contributed by atoms with Crippen molar-refractivity contribution in [3.8, 4) is 55.6 Å². The van der Waals surface area contributed by atoms with Crippen LogP contribution in [0.2, 0.25) is 0 Å². The molecule has 0 aliphatic heterocycles. The van der Waals surface area contributed by atoms with Crippen LogP contribution in [-0.2, 0) is 0 Å². The first-order chi connectivity index (χ1) is 29.6. The molecule has 9 aromatic rings.